The molecule has 10 heteroatoms. The molecule has 0 aliphatic rings. The van der Waals surface area contributed by atoms with Gasteiger partial charge in [0.05, 0.1) is 24.9 Å². The van der Waals surface area contributed by atoms with Crippen molar-refractivity contribution in [1.82, 2.24) is 19.9 Å². The summed E-state index contributed by atoms with van der Waals surface area (Å²) in [4.78, 5) is 15.7. The Morgan fingerprint density at radius 1 is 1.13 bits per heavy atom. The van der Waals surface area contributed by atoms with E-state index in [1.165, 1.54) is 12.4 Å². The number of halogens is 3. The number of hydrogen-bond donors (Lipinski definition) is 2. The van der Waals surface area contributed by atoms with E-state index in [-0.39, 0.29) is 18.1 Å². The first kappa shape index (κ1) is 21.6. The number of ether oxygens (including phenoxy) is 2. The van der Waals surface area contributed by atoms with Crippen molar-refractivity contribution >= 4 is 46.4 Å². The zero-order valence-electron chi connectivity index (χ0n) is 15.9. The van der Waals surface area contributed by atoms with E-state index in [0.717, 1.165) is 5.82 Å². The predicted molar refractivity (Wildman–Crippen MR) is 116 cm³/mol. The lowest BCUT2D eigenvalue weighted by Gasteiger charge is -2.14. The zero-order chi connectivity index (χ0) is 20.2. The van der Waals surface area contributed by atoms with Crippen LogP contribution in [0.2, 0.25) is 5.02 Å². The first-order chi connectivity index (χ1) is 14.1. The van der Waals surface area contributed by atoms with Crippen molar-refractivity contribution in [3.63, 3.8) is 0 Å². The van der Waals surface area contributed by atoms with E-state index < -0.39 is 5.82 Å². The molecule has 0 aliphatic heterocycles. The number of benzene rings is 2. The van der Waals surface area contributed by atoms with E-state index in [4.69, 9.17) is 21.1 Å². The van der Waals surface area contributed by atoms with E-state index >= 15 is 0 Å². The highest BCUT2D eigenvalue weighted by molar-refractivity contribution is 6.30. The lowest BCUT2D eigenvalue weighted by atomic mass is 10.2. The average Bonchev–Trinajstić information content (AvgIpc) is 3.23. The molecule has 30 heavy (non-hydrogen) atoms. The van der Waals surface area contributed by atoms with Gasteiger partial charge in [0, 0.05) is 35.3 Å². The molecule has 0 aliphatic carbocycles. The molecule has 4 rings (SSSR count). The fourth-order valence-corrected chi connectivity index (χ4v) is 3.01. The van der Waals surface area contributed by atoms with Crippen LogP contribution in [-0.2, 0) is 6.42 Å². The highest BCUT2D eigenvalue weighted by Crippen LogP contribution is 2.35. The van der Waals surface area contributed by atoms with Crippen molar-refractivity contribution in [1.29, 1.82) is 0 Å². The molecule has 0 unspecified atom stereocenters. The monoisotopic (exact) mass is 449 g/mol. The van der Waals surface area contributed by atoms with Crippen molar-refractivity contribution in [3.8, 4) is 11.5 Å². The Bertz CT molecular complexity index is 1140. The number of aromatic nitrogens is 4. The normalized spacial score (nSPS) is 10.5. The third kappa shape index (κ3) is 4.72. The Morgan fingerprint density at radius 2 is 2.00 bits per heavy atom. The number of hydrogen-bond acceptors (Lipinski definition) is 6. The molecule has 2 aromatic carbocycles. The summed E-state index contributed by atoms with van der Waals surface area (Å²) in [5.74, 6) is 1.87. The summed E-state index contributed by atoms with van der Waals surface area (Å²) >= 11 is 5.82. The molecule has 0 spiro atoms. The van der Waals surface area contributed by atoms with Crippen LogP contribution in [0.3, 0.4) is 0 Å². The van der Waals surface area contributed by atoms with Crippen LogP contribution in [-0.4, -0.2) is 33.7 Å². The van der Waals surface area contributed by atoms with E-state index in [0.29, 0.717) is 46.3 Å². The molecule has 4 aromatic rings. The lowest BCUT2D eigenvalue weighted by Crippen LogP contribution is -2.04. The highest BCUT2D eigenvalue weighted by Gasteiger charge is 2.13. The van der Waals surface area contributed by atoms with Gasteiger partial charge in [-0.05, 0) is 24.3 Å². The number of anilines is 2. The standard InChI is InChI=1S/C20H17ClFN5O2.ClH/c1-28-17-9-13-16(10-18(17)29-7-4-19-23-5-6-24-19)25-11-26-20(13)27-15-3-2-12(21)8-14(15)22;/h2-3,5-6,8-11H,4,7H2,1H3,(H,23,24)(H,25,26,27);1H. The second-order valence-electron chi connectivity index (χ2n) is 6.13. The summed E-state index contributed by atoms with van der Waals surface area (Å²) in [6, 6.07) is 7.91. The van der Waals surface area contributed by atoms with Crippen LogP contribution in [0.5, 0.6) is 11.5 Å². The summed E-state index contributed by atoms with van der Waals surface area (Å²) in [7, 11) is 1.55. The van der Waals surface area contributed by atoms with Gasteiger partial charge in [0.1, 0.15) is 23.8 Å². The molecule has 7 nitrogen and oxygen atoms in total. The fourth-order valence-electron chi connectivity index (χ4n) is 2.85. The Balaban J connectivity index is 0.00000256. The SMILES string of the molecule is COc1cc2c(Nc3ccc(Cl)cc3F)ncnc2cc1OCCc1ncc[nH]1.Cl. The van der Waals surface area contributed by atoms with Crippen LogP contribution < -0.4 is 14.8 Å². The number of nitrogens with one attached hydrogen (secondary N) is 2. The summed E-state index contributed by atoms with van der Waals surface area (Å²) < 4.78 is 25.5. The van der Waals surface area contributed by atoms with Gasteiger partial charge in [-0.25, -0.2) is 19.3 Å². The van der Waals surface area contributed by atoms with Gasteiger partial charge in [-0.2, -0.15) is 0 Å². The molecule has 2 aromatic heterocycles. The smallest absolute Gasteiger partial charge is 0.163 e. The van der Waals surface area contributed by atoms with Gasteiger partial charge >= 0.3 is 0 Å². The quantitative estimate of drug-likeness (QED) is 0.415. The van der Waals surface area contributed by atoms with Crippen LogP contribution in [0.15, 0.2) is 49.1 Å². The van der Waals surface area contributed by atoms with E-state index in [1.807, 2.05) is 0 Å². The maximum Gasteiger partial charge on any atom is 0.163 e. The Morgan fingerprint density at radius 3 is 2.73 bits per heavy atom. The minimum absolute atomic E-state index is 0. The molecule has 0 radical (unpaired) electrons. The van der Waals surface area contributed by atoms with Crippen molar-refractivity contribution < 1.29 is 13.9 Å². The second-order valence-corrected chi connectivity index (χ2v) is 6.56. The van der Waals surface area contributed by atoms with Gasteiger partial charge in [0.15, 0.2) is 11.5 Å². The van der Waals surface area contributed by atoms with Crippen molar-refractivity contribution in [2.24, 2.45) is 0 Å². The van der Waals surface area contributed by atoms with Gasteiger partial charge < -0.3 is 19.8 Å². The molecular weight excluding hydrogens is 432 g/mol. The molecule has 2 heterocycles. The molecule has 0 atom stereocenters. The largest absolute Gasteiger partial charge is 0.493 e. The molecule has 0 saturated heterocycles. The van der Waals surface area contributed by atoms with Gasteiger partial charge in [-0.15, -0.1) is 12.4 Å². The second kappa shape index (κ2) is 9.60. The predicted octanol–water partition coefficient (Wildman–Crippen LogP) is 4.94. The van der Waals surface area contributed by atoms with Crippen LogP contribution in [0, 0.1) is 5.82 Å². The first-order valence-corrected chi connectivity index (χ1v) is 9.17. The van der Waals surface area contributed by atoms with Crippen molar-refractivity contribution in [2.45, 2.75) is 6.42 Å². The fraction of sp³-hybridized carbons (Fsp3) is 0.150. The molecule has 2 N–H and O–H groups in total. The van der Waals surface area contributed by atoms with Gasteiger partial charge in [-0.3, -0.25) is 0 Å². The number of aromatic amines is 1. The summed E-state index contributed by atoms with van der Waals surface area (Å²) in [5.41, 5.74) is 0.887. The number of imidazole rings is 1. The minimum Gasteiger partial charge on any atom is -0.493 e. The lowest BCUT2D eigenvalue weighted by molar-refractivity contribution is 0.296. The number of methoxy groups -OCH3 is 1. The summed E-state index contributed by atoms with van der Waals surface area (Å²) in [6.07, 6.45) is 5.49. The molecule has 156 valence electrons. The molecule has 0 amide bonds. The highest BCUT2D eigenvalue weighted by atomic mass is 35.5. The molecular formula is C20H18Cl2FN5O2. The molecule has 0 fully saturated rings. The maximum atomic E-state index is 14.2. The molecule has 0 bridgehead atoms. The number of fused-ring (bicyclic) bond motifs is 1. The third-order valence-corrected chi connectivity index (χ3v) is 4.49. The number of rotatable bonds is 7. The Hall–Kier alpha value is -3.10. The first-order valence-electron chi connectivity index (χ1n) is 8.80. The minimum atomic E-state index is -0.478. The Kier molecular flexibility index (Phi) is 6.91. The van der Waals surface area contributed by atoms with Crippen LogP contribution >= 0.6 is 24.0 Å². The number of nitrogens with zero attached hydrogens (tertiary/aromatic N) is 3. The van der Waals surface area contributed by atoms with E-state index in [1.54, 1.807) is 43.8 Å². The van der Waals surface area contributed by atoms with E-state index in [9.17, 15) is 4.39 Å². The topological polar surface area (TPSA) is 84.9 Å². The van der Waals surface area contributed by atoms with Crippen molar-refractivity contribution in [2.75, 3.05) is 19.0 Å². The van der Waals surface area contributed by atoms with Gasteiger partial charge in [0.25, 0.3) is 0 Å². The van der Waals surface area contributed by atoms with Crippen LogP contribution in [0.1, 0.15) is 5.82 Å². The summed E-state index contributed by atoms with van der Waals surface area (Å²) in [6.45, 7) is 0.418. The van der Waals surface area contributed by atoms with Gasteiger partial charge in [0.2, 0.25) is 0 Å². The zero-order valence-corrected chi connectivity index (χ0v) is 17.4. The van der Waals surface area contributed by atoms with Crippen molar-refractivity contribution in [3.05, 3.63) is 65.7 Å². The molecule has 0 saturated carbocycles. The third-order valence-electron chi connectivity index (χ3n) is 4.26. The van der Waals surface area contributed by atoms with E-state index in [2.05, 4.69) is 25.3 Å². The van der Waals surface area contributed by atoms with Gasteiger partial charge in [-0.1, -0.05) is 11.6 Å². The number of H-pyrrole nitrogens is 1. The average molecular weight is 450 g/mol. The van der Waals surface area contributed by atoms with Crippen LogP contribution in [0.25, 0.3) is 10.9 Å². The summed E-state index contributed by atoms with van der Waals surface area (Å²) in [5, 5.41) is 3.96. The maximum absolute atomic E-state index is 14.2. The Labute approximate surface area is 183 Å². The van der Waals surface area contributed by atoms with Crippen LogP contribution in [0.4, 0.5) is 15.9 Å².